The lowest BCUT2D eigenvalue weighted by Crippen LogP contribution is -2.45. The summed E-state index contributed by atoms with van der Waals surface area (Å²) >= 11 is 0. The normalized spacial score (nSPS) is 34.3. The summed E-state index contributed by atoms with van der Waals surface area (Å²) in [7, 11) is 0. The Morgan fingerprint density at radius 1 is 1.38 bits per heavy atom. The van der Waals surface area contributed by atoms with E-state index in [-0.39, 0.29) is 23.8 Å². The van der Waals surface area contributed by atoms with E-state index in [2.05, 4.69) is 12.2 Å². The molecule has 2 saturated heterocycles. The monoisotopic (exact) mass is 225 g/mol. The summed E-state index contributed by atoms with van der Waals surface area (Å²) in [6.07, 6.45) is 1.76. The molecule has 2 aliphatic rings. The number of nitrogens with one attached hydrogen (secondary N) is 1. The van der Waals surface area contributed by atoms with E-state index in [0.29, 0.717) is 25.4 Å². The van der Waals surface area contributed by atoms with Crippen molar-refractivity contribution in [3.63, 3.8) is 0 Å². The van der Waals surface area contributed by atoms with Crippen LogP contribution in [0.2, 0.25) is 0 Å². The van der Waals surface area contributed by atoms with Gasteiger partial charge in [-0.25, -0.2) is 0 Å². The van der Waals surface area contributed by atoms with Crippen LogP contribution in [0.4, 0.5) is 0 Å². The molecule has 3 unspecified atom stereocenters. The molecule has 2 aliphatic heterocycles. The number of hydrogen-bond acceptors (Lipinski definition) is 3. The van der Waals surface area contributed by atoms with E-state index in [4.69, 9.17) is 5.73 Å². The van der Waals surface area contributed by atoms with Crippen LogP contribution in [-0.2, 0) is 9.59 Å². The first kappa shape index (κ1) is 11.4. The highest BCUT2D eigenvalue weighted by atomic mass is 16.2. The highest BCUT2D eigenvalue weighted by molar-refractivity contribution is 5.84. The second-order valence-electron chi connectivity index (χ2n) is 4.87. The van der Waals surface area contributed by atoms with Gasteiger partial charge in [-0.2, -0.15) is 0 Å². The van der Waals surface area contributed by atoms with Crippen LogP contribution in [0.3, 0.4) is 0 Å². The molecule has 0 aromatic carbocycles. The van der Waals surface area contributed by atoms with Crippen LogP contribution in [0.15, 0.2) is 0 Å². The van der Waals surface area contributed by atoms with Crippen LogP contribution in [-0.4, -0.2) is 42.4 Å². The zero-order valence-electron chi connectivity index (χ0n) is 9.61. The molecular weight excluding hydrogens is 206 g/mol. The number of carbonyl (C=O) groups is 2. The molecule has 5 nitrogen and oxygen atoms in total. The van der Waals surface area contributed by atoms with Crippen molar-refractivity contribution in [1.29, 1.82) is 0 Å². The first-order chi connectivity index (χ1) is 7.59. The molecular formula is C11H19N3O2. The van der Waals surface area contributed by atoms with Crippen molar-refractivity contribution in [3.05, 3.63) is 0 Å². The maximum atomic E-state index is 12.1. The van der Waals surface area contributed by atoms with E-state index >= 15 is 0 Å². The predicted molar refractivity (Wildman–Crippen MR) is 59.5 cm³/mol. The number of carbonyl (C=O) groups excluding carboxylic acids is 2. The van der Waals surface area contributed by atoms with E-state index in [9.17, 15) is 9.59 Å². The maximum absolute atomic E-state index is 12.1. The molecule has 5 heteroatoms. The number of amides is 2. The molecule has 0 radical (unpaired) electrons. The van der Waals surface area contributed by atoms with E-state index < -0.39 is 0 Å². The van der Waals surface area contributed by atoms with Crippen LogP contribution >= 0.6 is 0 Å². The number of primary amides is 1. The number of nitrogens with two attached hydrogens (primary N) is 1. The minimum atomic E-state index is -0.289. The topological polar surface area (TPSA) is 75.4 Å². The Morgan fingerprint density at radius 2 is 2.12 bits per heavy atom. The Balaban J connectivity index is 1.94. The zero-order chi connectivity index (χ0) is 11.7. The summed E-state index contributed by atoms with van der Waals surface area (Å²) in [6.45, 7) is 4.16. The summed E-state index contributed by atoms with van der Waals surface area (Å²) in [6, 6.07) is -0.0633. The van der Waals surface area contributed by atoms with Gasteiger partial charge in [-0.3, -0.25) is 9.59 Å². The van der Waals surface area contributed by atoms with Crippen molar-refractivity contribution in [2.75, 3.05) is 19.6 Å². The van der Waals surface area contributed by atoms with Crippen LogP contribution < -0.4 is 11.1 Å². The van der Waals surface area contributed by atoms with E-state index in [1.807, 2.05) is 0 Å². The smallest absolute Gasteiger partial charge is 0.240 e. The summed E-state index contributed by atoms with van der Waals surface area (Å²) < 4.78 is 0. The van der Waals surface area contributed by atoms with Gasteiger partial charge in [-0.15, -0.1) is 0 Å². The molecule has 2 amide bonds. The largest absolute Gasteiger partial charge is 0.369 e. The van der Waals surface area contributed by atoms with Crippen molar-refractivity contribution < 1.29 is 9.59 Å². The third kappa shape index (κ3) is 2.04. The molecule has 2 heterocycles. The van der Waals surface area contributed by atoms with Gasteiger partial charge in [0.1, 0.15) is 0 Å². The molecule has 0 bridgehead atoms. The first-order valence-corrected chi connectivity index (χ1v) is 5.91. The highest BCUT2D eigenvalue weighted by Crippen LogP contribution is 2.21. The Labute approximate surface area is 95.3 Å². The van der Waals surface area contributed by atoms with Crippen LogP contribution in [0, 0.1) is 11.8 Å². The Bertz CT molecular complexity index is 306. The number of rotatable bonds is 2. The van der Waals surface area contributed by atoms with Gasteiger partial charge in [0.05, 0.1) is 12.0 Å². The van der Waals surface area contributed by atoms with Crippen molar-refractivity contribution in [2.45, 2.75) is 25.8 Å². The molecule has 0 saturated carbocycles. The molecule has 2 rings (SSSR count). The fourth-order valence-corrected chi connectivity index (χ4v) is 2.55. The van der Waals surface area contributed by atoms with Gasteiger partial charge < -0.3 is 16.0 Å². The van der Waals surface area contributed by atoms with Gasteiger partial charge >= 0.3 is 0 Å². The number of likely N-dealkylation sites (tertiary alicyclic amines) is 1. The van der Waals surface area contributed by atoms with E-state index in [1.165, 1.54) is 0 Å². The molecule has 90 valence electrons. The molecule has 0 aromatic heterocycles. The standard InChI is InChI=1S/C11H19N3O2/c1-7-2-4-13-9(7)11(16)14-5-3-8(6-14)10(12)15/h7-9,13H,2-6H2,1H3,(H2,12,15). The highest BCUT2D eigenvalue weighted by Gasteiger charge is 2.36. The van der Waals surface area contributed by atoms with E-state index in [1.54, 1.807) is 4.90 Å². The molecule has 0 spiro atoms. The van der Waals surface area contributed by atoms with E-state index in [0.717, 1.165) is 13.0 Å². The lowest BCUT2D eigenvalue weighted by molar-refractivity contribution is -0.133. The van der Waals surface area contributed by atoms with Crippen LogP contribution in [0.25, 0.3) is 0 Å². The average Bonchev–Trinajstić information content (AvgIpc) is 2.84. The average molecular weight is 225 g/mol. The number of nitrogens with zero attached hydrogens (tertiary/aromatic N) is 1. The lowest BCUT2D eigenvalue weighted by Gasteiger charge is -2.22. The summed E-state index contributed by atoms with van der Waals surface area (Å²) in [5.74, 6) is 0.0808. The van der Waals surface area contributed by atoms with Gasteiger partial charge in [0.2, 0.25) is 11.8 Å². The van der Waals surface area contributed by atoms with Crippen LogP contribution in [0.1, 0.15) is 19.8 Å². The molecule has 0 aromatic rings. The molecule has 2 fully saturated rings. The number of hydrogen-bond donors (Lipinski definition) is 2. The minimum Gasteiger partial charge on any atom is -0.369 e. The predicted octanol–water partition coefficient (Wildman–Crippen LogP) is -0.682. The molecule has 0 aliphatic carbocycles. The Kier molecular flexibility index (Phi) is 3.14. The summed E-state index contributed by atoms with van der Waals surface area (Å²) in [5.41, 5.74) is 5.25. The van der Waals surface area contributed by atoms with Crippen molar-refractivity contribution in [1.82, 2.24) is 10.2 Å². The van der Waals surface area contributed by atoms with Crippen molar-refractivity contribution >= 4 is 11.8 Å². The molecule has 16 heavy (non-hydrogen) atoms. The SMILES string of the molecule is CC1CCNC1C(=O)N1CCC(C(N)=O)C1. The van der Waals surface area contributed by atoms with Gasteiger partial charge in [-0.05, 0) is 25.3 Å². The molecule has 3 N–H and O–H groups in total. The van der Waals surface area contributed by atoms with Crippen molar-refractivity contribution in [2.24, 2.45) is 17.6 Å². The van der Waals surface area contributed by atoms with Crippen LogP contribution in [0.5, 0.6) is 0 Å². The first-order valence-electron chi connectivity index (χ1n) is 5.91. The van der Waals surface area contributed by atoms with Gasteiger partial charge in [-0.1, -0.05) is 6.92 Å². The van der Waals surface area contributed by atoms with Crippen molar-refractivity contribution in [3.8, 4) is 0 Å². The second kappa shape index (κ2) is 4.41. The lowest BCUT2D eigenvalue weighted by atomic mass is 10.0. The zero-order valence-corrected chi connectivity index (χ0v) is 9.61. The molecule has 3 atom stereocenters. The van der Waals surface area contributed by atoms with Gasteiger partial charge in [0.25, 0.3) is 0 Å². The fraction of sp³-hybridized carbons (Fsp3) is 0.818. The third-order valence-corrected chi connectivity index (χ3v) is 3.70. The quantitative estimate of drug-likeness (QED) is 0.653. The Hall–Kier alpha value is -1.10. The third-order valence-electron chi connectivity index (χ3n) is 3.70. The van der Waals surface area contributed by atoms with Gasteiger partial charge in [0.15, 0.2) is 0 Å². The van der Waals surface area contributed by atoms with Gasteiger partial charge in [0, 0.05) is 13.1 Å². The Morgan fingerprint density at radius 3 is 2.62 bits per heavy atom. The summed E-state index contributed by atoms with van der Waals surface area (Å²) in [5, 5.41) is 3.22. The second-order valence-corrected chi connectivity index (χ2v) is 4.87. The minimum absolute atomic E-state index is 0.0633. The maximum Gasteiger partial charge on any atom is 0.240 e. The summed E-state index contributed by atoms with van der Waals surface area (Å²) in [4.78, 5) is 24.9. The fourth-order valence-electron chi connectivity index (χ4n) is 2.55.